The minimum absolute atomic E-state index is 0.0782. The van der Waals surface area contributed by atoms with E-state index in [0.717, 1.165) is 12.3 Å². The number of nitrogens with one attached hydrogen (secondary N) is 1. The van der Waals surface area contributed by atoms with E-state index in [9.17, 15) is 28.0 Å². The summed E-state index contributed by atoms with van der Waals surface area (Å²) in [6, 6.07) is 12.0. The first-order chi connectivity index (χ1) is 19.0. The lowest BCUT2D eigenvalue weighted by Gasteiger charge is -2.30. The van der Waals surface area contributed by atoms with Crippen LogP contribution in [0.2, 0.25) is 0 Å². The molecule has 40 heavy (non-hydrogen) atoms. The molecule has 4 unspecified atom stereocenters. The van der Waals surface area contributed by atoms with Crippen molar-refractivity contribution in [1.82, 2.24) is 9.55 Å². The first-order valence-corrected chi connectivity index (χ1v) is 13.0. The molecule has 1 aliphatic heterocycles. The van der Waals surface area contributed by atoms with E-state index in [0.29, 0.717) is 16.1 Å². The Morgan fingerprint density at radius 3 is 1.93 bits per heavy atom. The zero-order chi connectivity index (χ0) is 29.1. The second-order valence-corrected chi connectivity index (χ2v) is 9.95. The molecule has 0 saturated carbocycles. The molecule has 2 heterocycles. The Morgan fingerprint density at radius 2 is 1.48 bits per heavy atom. The van der Waals surface area contributed by atoms with Crippen molar-refractivity contribution in [3.63, 3.8) is 0 Å². The summed E-state index contributed by atoms with van der Waals surface area (Å²) < 4.78 is 89.5. The number of ether oxygens (including phenoxy) is 3. The van der Waals surface area contributed by atoms with Crippen LogP contribution in [0.1, 0.15) is 6.23 Å². The Morgan fingerprint density at radius 1 is 0.975 bits per heavy atom. The number of nitrogens with zero attached hydrogens (tertiary/aromatic N) is 1. The Balaban J connectivity index is 1.64. The summed E-state index contributed by atoms with van der Waals surface area (Å²) in [4.78, 5) is 25.4. The van der Waals surface area contributed by atoms with Gasteiger partial charge in [-0.05, 0) is 48.5 Å². The fourth-order valence-corrected chi connectivity index (χ4v) is 5.04. The van der Waals surface area contributed by atoms with E-state index >= 15 is 4.39 Å². The normalized spacial score (nSPS) is 22.7. The molecule has 4 atom stereocenters. The number of aliphatic hydroxyl groups excluding tert-OH is 1. The highest BCUT2D eigenvalue weighted by molar-refractivity contribution is 7.49. The number of methoxy groups -OCH3 is 2. The van der Waals surface area contributed by atoms with Gasteiger partial charge in [0.2, 0.25) is 0 Å². The Kier molecular flexibility index (Phi) is 8.59. The second-order valence-electron chi connectivity index (χ2n) is 8.43. The van der Waals surface area contributed by atoms with Crippen LogP contribution >= 0.6 is 7.82 Å². The third-order valence-electron chi connectivity index (χ3n) is 5.90. The quantitative estimate of drug-likeness (QED) is 0.320. The maximum absolute atomic E-state index is 15.3. The van der Waals surface area contributed by atoms with Crippen molar-refractivity contribution < 1.29 is 50.6 Å². The van der Waals surface area contributed by atoms with E-state index in [1.165, 1.54) is 62.8 Å². The molecule has 1 aliphatic rings. The van der Waals surface area contributed by atoms with Gasteiger partial charge in [0.1, 0.15) is 29.1 Å². The number of aromatic nitrogens is 2. The largest absolute Gasteiger partial charge is 0.587 e. The molecule has 4 rings (SSSR count). The lowest BCUT2D eigenvalue weighted by Crippen LogP contribution is -2.50. The van der Waals surface area contributed by atoms with Crippen molar-refractivity contribution in [3.8, 4) is 23.0 Å². The van der Waals surface area contributed by atoms with Gasteiger partial charge in [-0.3, -0.25) is 18.9 Å². The number of halogens is 3. The van der Waals surface area contributed by atoms with Crippen LogP contribution in [0.5, 0.6) is 23.0 Å². The monoisotopic (exact) mass is 588 g/mol. The molecule has 0 spiro atoms. The van der Waals surface area contributed by atoms with Gasteiger partial charge >= 0.3 is 13.5 Å². The average Bonchev–Trinajstić information content (AvgIpc) is 3.19. The number of H-pyrrole nitrogens is 1. The number of phosphoric acid groups is 1. The highest BCUT2D eigenvalue weighted by Crippen LogP contribution is 2.53. The number of phosphoric ester groups is 1. The molecule has 16 heteroatoms. The maximum Gasteiger partial charge on any atom is 0.587 e. The molecule has 2 N–H and O–H groups in total. The summed E-state index contributed by atoms with van der Waals surface area (Å²) in [7, 11) is -2.03. The third kappa shape index (κ3) is 6.02. The summed E-state index contributed by atoms with van der Waals surface area (Å²) in [5, 5.41) is 10.4. The van der Waals surface area contributed by atoms with Crippen molar-refractivity contribution in [3.05, 3.63) is 81.6 Å². The minimum Gasteiger partial charge on any atom is -0.497 e. The zero-order valence-electron chi connectivity index (χ0n) is 20.9. The minimum atomic E-state index is -4.86. The standard InChI is InChI=1S/C24H24F3N2O10P/c1-34-14-3-7-16(8-4-14)38-40(33,39-17-9-5-15(35-2)6-10-17)36-13-24(22(26)27)20(25)19(31)21(37-24)29-12-11-18(30)28-23(29)32/h3-12,19-22,31H,13H2,1-2H3,(H,28,30,32). The summed E-state index contributed by atoms with van der Waals surface area (Å²) in [6.45, 7) is -1.44. The van der Waals surface area contributed by atoms with Gasteiger partial charge in [-0.2, -0.15) is 0 Å². The number of rotatable bonds is 11. The van der Waals surface area contributed by atoms with Crippen LogP contribution in [0.3, 0.4) is 0 Å². The molecular weight excluding hydrogens is 564 g/mol. The van der Waals surface area contributed by atoms with Crippen LogP contribution in [0.4, 0.5) is 13.2 Å². The van der Waals surface area contributed by atoms with E-state index in [2.05, 4.69) is 0 Å². The highest BCUT2D eigenvalue weighted by atomic mass is 31.2. The van der Waals surface area contributed by atoms with Gasteiger partial charge in [0.25, 0.3) is 12.0 Å². The smallest absolute Gasteiger partial charge is 0.497 e. The number of aliphatic hydroxyl groups is 1. The Hall–Kier alpha value is -3.78. The van der Waals surface area contributed by atoms with Crippen molar-refractivity contribution in [2.24, 2.45) is 0 Å². The van der Waals surface area contributed by atoms with E-state index in [1.54, 1.807) is 0 Å². The van der Waals surface area contributed by atoms with E-state index in [1.807, 2.05) is 4.98 Å². The average molecular weight is 588 g/mol. The summed E-state index contributed by atoms with van der Waals surface area (Å²) >= 11 is 0. The molecule has 216 valence electrons. The topological polar surface area (TPSA) is 148 Å². The summed E-state index contributed by atoms with van der Waals surface area (Å²) in [5.41, 5.74) is -5.19. The first-order valence-electron chi connectivity index (χ1n) is 11.5. The summed E-state index contributed by atoms with van der Waals surface area (Å²) in [5.74, 6) is 0.692. The van der Waals surface area contributed by atoms with Gasteiger partial charge in [-0.25, -0.2) is 22.5 Å². The van der Waals surface area contributed by atoms with Gasteiger partial charge in [-0.1, -0.05) is 0 Å². The number of aromatic amines is 1. The predicted molar refractivity (Wildman–Crippen MR) is 132 cm³/mol. The van der Waals surface area contributed by atoms with Crippen LogP contribution in [0.25, 0.3) is 0 Å². The third-order valence-corrected chi connectivity index (χ3v) is 7.21. The molecule has 0 radical (unpaired) electrons. The molecule has 0 bridgehead atoms. The number of hydrogen-bond donors (Lipinski definition) is 2. The molecule has 0 aliphatic carbocycles. The van der Waals surface area contributed by atoms with E-state index < -0.39 is 56.2 Å². The zero-order valence-corrected chi connectivity index (χ0v) is 21.8. The van der Waals surface area contributed by atoms with Crippen LogP contribution in [-0.4, -0.2) is 59.8 Å². The predicted octanol–water partition coefficient (Wildman–Crippen LogP) is 3.07. The van der Waals surface area contributed by atoms with Crippen molar-refractivity contribution >= 4 is 7.82 Å². The van der Waals surface area contributed by atoms with Crippen molar-refractivity contribution in [2.75, 3.05) is 20.8 Å². The first kappa shape index (κ1) is 29.2. The lowest BCUT2D eigenvalue weighted by molar-refractivity contribution is -0.184. The lowest BCUT2D eigenvalue weighted by atomic mass is 9.98. The molecule has 0 amide bonds. The Labute approximate surface area is 224 Å². The second kappa shape index (κ2) is 11.8. The van der Waals surface area contributed by atoms with Gasteiger partial charge in [-0.15, -0.1) is 0 Å². The van der Waals surface area contributed by atoms with Crippen LogP contribution in [0, 0.1) is 0 Å². The van der Waals surface area contributed by atoms with Crippen LogP contribution in [-0.2, 0) is 13.8 Å². The van der Waals surface area contributed by atoms with Crippen LogP contribution < -0.4 is 29.8 Å². The van der Waals surface area contributed by atoms with Gasteiger partial charge in [0, 0.05) is 12.3 Å². The number of benzene rings is 2. The van der Waals surface area contributed by atoms with Crippen molar-refractivity contribution in [1.29, 1.82) is 0 Å². The number of hydrogen-bond acceptors (Lipinski definition) is 10. The SMILES string of the molecule is COc1ccc(OP(=O)(OCC2(C(F)F)OC(n3ccc(=O)[nH]c3=O)C(O)C2F)Oc2ccc(OC)cc2)cc1. The van der Waals surface area contributed by atoms with E-state index in [-0.39, 0.29) is 11.5 Å². The molecule has 3 aromatic rings. The van der Waals surface area contributed by atoms with Gasteiger partial charge in [0.05, 0.1) is 20.8 Å². The van der Waals surface area contributed by atoms with Gasteiger partial charge < -0.3 is 28.4 Å². The maximum atomic E-state index is 15.3. The molecule has 1 saturated heterocycles. The van der Waals surface area contributed by atoms with E-state index in [4.69, 9.17) is 27.8 Å². The van der Waals surface area contributed by atoms with Gasteiger partial charge in [0.15, 0.2) is 18.0 Å². The molecule has 2 aromatic carbocycles. The fourth-order valence-electron chi connectivity index (χ4n) is 3.77. The molecule has 1 fully saturated rings. The van der Waals surface area contributed by atoms with Crippen molar-refractivity contribution in [2.45, 2.75) is 30.5 Å². The molecular formula is C24H24F3N2O10P. The van der Waals surface area contributed by atoms with Crippen LogP contribution in [0.15, 0.2) is 70.4 Å². The molecule has 1 aromatic heterocycles. The fraction of sp³-hybridized carbons (Fsp3) is 0.333. The number of alkyl halides is 3. The Bertz CT molecular complexity index is 1410. The highest BCUT2D eigenvalue weighted by Gasteiger charge is 2.63. The summed E-state index contributed by atoms with van der Waals surface area (Å²) in [6.07, 6.45) is -9.94. The molecule has 12 nitrogen and oxygen atoms in total.